The van der Waals surface area contributed by atoms with Gasteiger partial charge in [-0.1, -0.05) is 6.07 Å². The molecule has 0 radical (unpaired) electrons. The maximum atomic E-state index is 12.4. The summed E-state index contributed by atoms with van der Waals surface area (Å²) in [5.41, 5.74) is 2.18. The van der Waals surface area contributed by atoms with Gasteiger partial charge in [0.25, 0.3) is 5.91 Å². The van der Waals surface area contributed by atoms with E-state index >= 15 is 0 Å². The van der Waals surface area contributed by atoms with Gasteiger partial charge in [-0.05, 0) is 19.2 Å². The van der Waals surface area contributed by atoms with Gasteiger partial charge in [0.2, 0.25) is 0 Å². The van der Waals surface area contributed by atoms with Crippen molar-refractivity contribution in [3.8, 4) is 0 Å². The summed E-state index contributed by atoms with van der Waals surface area (Å²) in [5.74, 6) is 4.94. The number of nitrogen functional groups attached to an aromatic ring is 1. The first-order chi connectivity index (χ1) is 9.54. The number of nitro groups is 1. The van der Waals surface area contributed by atoms with E-state index in [1.807, 2.05) is 7.05 Å². The Balaban J connectivity index is 2.32. The fourth-order valence-electron chi connectivity index (χ4n) is 2.21. The van der Waals surface area contributed by atoms with Gasteiger partial charge in [-0.25, -0.2) is 0 Å². The highest BCUT2D eigenvalue weighted by atomic mass is 16.6. The van der Waals surface area contributed by atoms with Crippen molar-refractivity contribution in [1.29, 1.82) is 0 Å². The number of piperazine rings is 1. The first kappa shape index (κ1) is 14.2. The van der Waals surface area contributed by atoms with Crippen molar-refractivity contribution in [2.45, 2.75) is 0 Å². The minimum atomic E-state index is -0.585. The average Bonchev–Trinajstić information content (AvgIpc) is 2.46. The Morgan fingerprint density at radius 2 is 2.00 bits per heavy atom. The van der Waals surface area contributed by atoms with Crippen LogP contribution in [-0.4, -0.2) is 53.9 Å². The van der Waals surface area contributed by atoms with Crippen LogP contribution in [0.4, 0.5) is 11.4 Å². The summed E-state index contributed by atoms with van der Waals surface area (Å²) < 4.78 is 0. The van der Waals surface area contributed by atoms with Crippen molar-refractivity contribution >= 4 is 17.3 Å². The quantitative estimate of drug-likeness (QED) is 0.467. The van der Waals surface area contributed by atoms with Gasteiger partial charge in [-0.15, -0.1) is 0 Å². The average molecular weight is 279 g/mol. The lowest BCUT2D eigenvalue weighted by atomic mass is 10.1. The van der Waals surface area contributed by atoms with Crippen LogP contribution >= 0.6 is 0 Å². The first-order valence-corrected chi connectivity index (χ1v) is 6.26. The Kier molecular flexibility index (Phi) is 4.16. The molecule has 2 rings (SSSR count). The smallest absolute Gasteiger partial charge is 0.306 e. The molecule has 1 amide bonds. The highest BCUT2D eigenvalue weighted by molar-refractivity contribution is 6.00. The molecule has 0 aliphatic carbocycles. The number of likely N-dealkylation sites (N-methyl/N-ethyl adjacent to an activating group) is 1. The molecule has 0 atom stereocenters. The van der Waals surface area contributed by atoms with Crippen LogP contribution in [0.3, 0.4) is 0 Å². The molecule has 1 aromatic carbocycles. The number of nitrogens with one attached hydrogen (secondary N) is 1. The van der Waals surface area contributed by atoms with E-state index in [2.05, 4.69) is 10.3 Å². The Hall–Kier alpha value is -2.19. The van der Waals surface area contributed by atoms with Gasteiger partial charge in [0.15, 0.2) is 0 Å². The maximum Gasteiger partial charge on any atom is 0.306 e. The molecule has 108 valence electrons. The number of benzene rings is 1. The lowest BCUT2D eigenvalue weighted by molar-refractivity contribution is -0.384. The van der Waals surface area contributed by atoms with Crippen molar-refractivity contribution in [3.63, 3.8) is 0 Å². The monoisotopic (exact) mass is 279 g/mol. The molecule has 3 N–H and O–H groups in total. The highest BCUT2D eigenvalue weighted by Crippen LogP contribution is 2.29. The number of carbonyl (C=O) groups excluding carboxylic acids is 1. The molecule has 1 heterocycles. The summed E-state index contributed by atoms with van der Waals surface area (Å²) in [5, 5.41) is 11.2. The Morgan fingerprint density at radius 1 is 1.35 bits per heavy atom. The van der Waals surface area contributed by atoms with Crippen LogP contribution in [0.15, 0.2) is 18.2 Å². The topological polar surface area (TPSA) is 105 Å². The molecule has 1 aromatic rings. The standard InChI is InChI=1S/C12H17N5O3/c1-15-5-7-16(8-6-15)12(18)9-3-2-4-10(14-13)11(9)17(19)20/h2-4,14H,5-8,13H2,1H3. The summed E-state index contributed by atoms with van der Waals surface area (Å²) >= 11 is 0. The summed E-state index contributed by atoms with van der Waals surface area (Å²) in [6.07, 6.45) is 0. The minimum absolute atomic E-state index is 0.0648. The van der Waals surface area contributed by atoms with E-state index < -0.39 is 4.92 Å². The predicted octanol–water partition coefficient (Wildman–Crippen LogP) is 0.268. The van der Waals surface area contributed by atoms with E-state index in [0.29, 0.717) is 13.1 Å². The summed E-state index contributed by atoms with van der Waals surface area (Å²) in [7, 11) is 1.98. The summed E-state index contributed by atoms with van der Waals surface area (Å²) in [4.78, 5) is 26.8. The molecule has 1 aliphatic rings. The molecular formula is C12H17N5O3. The normalized spacial score (nSPS) is 16.0. The van der Waals surface area contributed by atoms with Crippen molar-refractivity contribution < 1.29 is 9.72 Å². The number of nitro benzene ring substituents is 1. The van der Waals surface area contributed by atoms with Crippen LogP contribution in [0.1, 0.15) is 10.4 Å². The molecule has 1 saturated heterocycles. The number of amides is 1. The molecule has 0 aromatic heterocycles. The van der Waals surface area contributed by atoms with Crippen LogP contribution in [0.2, 0.25) is 0 Å². The van der Waals surface area contributed by atoms with Crippen molar-refractivity contribution in [2.75, 3.05) is 38.7 Å². The number of hydrazine groups is 1. The number of carbonyl (C=O) groups is 1. The van der Waals surface area contributed by atoms with Crippen LogP contribution < -0.4 is 11.3 Å². The first-order valence-electron chi connectivity index (χ1n) is 6.26. The second-order valence-corrected chi connectivity index (χ2v) is 4.70. The van der Waals surface area contributed by atoms with Gasteiger partial charge >= 0.3 is 5.69 Å². The van der Waals surface area contributed by atoms with Gasteiger partial charge < -0.3 is 15.2 Å². The molecule has 0 unspecified atom stereocenters. The Morgan fingerprint density at radius 3 is 2.55 bits per heavy atom. The second kappa shape index (κ2) is 5.85. The van der Waals surface area contributed by atoms with Crippen LogP contribution in [0, 0.1) is 10.1 Å². The lowest BCUT2D eigenvalue weighted by Crippen LogP contribution is -2.47. The molecule has 0 saturated carbocycles. The number of anilines is 1. The van der Waals surface area contributed by atoms with Gasteiger partial charge in [0.05, 0.1) is 4.92 Å². The third-order valence-electron chi connectivity index (χ3n) is 3.39. The second-order valence-electron chi connectivity index (χ2n) is 4.70. The highest BCUT2D eigenvalue weighted by Gasteiger charge is 2.28. The van der Waals surface area contributed by atoms with E-state index in [0.717, 1.165) is 13.1 Å². The van der Waals surface area contributed by atoms with E-state index in [1.54, 1.807) is 11.0 Å². The number of hydrogen-bond acceptors (Lipinski definition) is 6. The SMILES string of the molecule is CN1CCN(C(=O)c2cccc(NN)c2[N+](=O)[O-])CC1. The third-order valence-corrected chi connectivity index (χ3v) is 3.39. The van der Waals surface area contributed by atoms with E-state index in [-0.39, 0.29) is 22.8 Å². The van der Waals surface area contributed by atoms with Crippen molar-refractivity contribution in [1.82, 2.24) is 9.80 Å². The zero-order chi connectivity index (χ0) is 14.7. The maximum absolute atomic E-state index is 12.4. The fourth-order valence-corrected chi connectivity index (χ4v) is 2.21. The predicted molar refractivity (Wildman–Crippen MR) is 74.3 cm³/mol. The van der Waals surface area contributed by atoms with Crippen molar-refractivity contribution in [3.05, 3.63) is 33.9 Å². The van der Waals surface area contributed by atoms with E-state index in [9.17, 15) is 14.9 Å². The van der Waals surface area contributed by atoms with Crippen LogP contribution in [0.5, 0.6) is 0 Å². The lowest BCUT2D eigenvalue weighted by Gasteiger charge is -2.32. The van der Waals surface area contributed by atoms with Gasteiger partial charge in [0, 0.05) is 26.2 Å². The molecule has 1 aliphatic heterocycles. The Bertz CT molecular complexity index is 526. The number of rotatable bonds is 3. The summed E-state index contributed by atoms with van der Waals surface area (Å²) in [6.45, 7) is 2.64. The van der Waals surface area contributed by atoms with Crippen LogP contribution in [0.25, 0.3) is 0 Å². The molecule has 1 fully saturated rings. The summed E-state index contributed by atoms with van der Waals surface area (Å²) in [6, 6.07) is 4.50. The molecule has 0 spiro atoms. The number of para-hydroxylation sites is 1. The zero-order valence-electron chi connectivity index (χ0n) is 11.2. The van der Waals surface area contributed by atoms with E-state index in [1.165, 1.54) is 12.1 Å². The molecule has 8 nitrogen and oxygen atoms in total. The van der Waals surface area contributed by atoms with Gasteiger partial charge in [-0.3, -0.25) is 20.8 Å². The largest absolute Gasteiger partial charge is 0.336 e. The molecule has 20 heavy (non-hydrogen) atoms. The van der Waals surface area contributed by atoms with Gasteiger partial charge in [-0.2, -0.15) is 0 Å². The van der Waals surface area contributed by atoms with Gasteiger partial charge in [0.1, 0.15) is 11.3 Å². The van der Waals surface area contributed by atoms with Crippen molar-refractivity contribution in [2.24, 2.45) is 5.84 Å². The number of nitrogens with two attached hydrogens (primary N) is 1. The molecule has 0 bridgehead atoms. The Labute approximate surface area is 116 Å². The number of hydrogen-bond donors (Lipinski definition) is 2. The number of nitrogens with zero attached hydrogens (tertiary/aromatic N) is 3. The van der Waals surface area contributed by atoms with E-state index in [4.69, 9.17) is 5.84 Å². The minimum Gasteiger partial charge on any atom is -0.336 e. The zero-order valence-corrected chi connectivity index (χ0v) is 11.2. The molecule has 8 heteroatoms. The van der Waals surface area contributed by atoms with Crippen LogP contribution in [-0.2, 0) is 0 Å². The fraction of sp³-hybridized carbons (Fsp3) is 0.417. The molecular weight excluding hydrogens is 262 g/mol. The third kappa shape index (κ3) is 2.70.